The van der Waals surface area contributed by atoms with Gasteiger partial charge < -0.3 is 14.4 Å². The zero-order valence-electron chi connectivity index (χ0n) is 18.6. The van der Waals surface area contributed by atoms with Gasteiger partial charge in [-0.3, -0.25) is 4.79 Å². The van der Waals surface area contributed by atoms with Crippen LogP contribution in [-0.4, -0.2) is 31.5 Å². The fraction of sp³-hybridized carbons (Fsp3) is 0.480. The first-order valence-corrected chi connectivity index (χ1v) is 11.4. The van der Waals surface area contributed by atoms with Crippen molar-refractivity contribution in [1.29, 1.82) is 0 Å². The lowest BCUT2D eigenvalue weighted by Crippen LogP contribution is -2.27. The normalized spacial score (nSPS) is 18.2. The number of rotatable bonds is 7. The molecule has 3 rings (SSSR count). The zero-order chi connectivity index (χ0) is 21.8. The highest BCUT2D eigenvalue weighted by Crippen LogP contribution is 2.43. The summed E-state index contributed by atoms with van der Waals surface area (Å²) in [5.74, 6) is 1.02. The van der Waals surface area contributed by atoms with Crippen molar-refractivity contribution in [1.82, 2.24) is 4.90 Å². The van der Waals surface area contributed by atoms with Crippen molar-refractivity contribution >= 4 is 21.9 Å². The minimum Gasteiger partial charge on any atom is -0.489 e. The number of carbonyl (C=O) groups is 1. The molecule has 2 aromatic carbocycles. The van der Waals surface area contributed by atoms with E-state index in [9.17, 15) is 4.79 Å². The van der Waals surface area contributed by atoms with Crippen molar-refractivity contribution in [2.45, 2.75) is 52.7 Å². The standard InChI is InChI=1S/C25H32BrNO3/c1-16-10-11-20-17(2)14-22(29-15-19-8-6-7-9-21(19)26)18(3)24(20)25(16)30-23(28)12-13-27(4)5/h6-9,14,16,25H,10-13,15H2,1-5H3/t16-,25-/m1/s1. The lowest BCUT2D eigenvalue weighted by Gasteiger charge is -2.34. The SMILES string of the molecule is Cc1cc(OCc2ccccc2Br)c(C)c2c1CC[C@@H](C)[C@H]2OC(=O)CCN(C)C. The molecule has 0 aromatic heterocycles. The van der Waals surface area contributed by atoms with Crippen LogP contribution in [0.4, 0.5) is 0 Å². The molecule has 0 bridgehead atoms. The van der Waals surface area contributed by atoms with E-state index in [1.807, 2.05) is 37.2 Å². The minimum atomic E-state index is -0.214. The van der Waals surface area contributed by atoms with Crippen LogP contribution in [-0.2, 0) is 22.6 Å². The number of hydrogen-bond donors (Lipinski definition) is 0. The summed E-state index contributed by atoms with van der Waals surface area (Å²) in [6.45, 7) is 7.58. The molecule has 162 valence electrons. The highest BCUT2D eigenvalue weighted by Gasteiger charge is 2.33. The summed E-state index contributed by atoms with van der Waals surface area (Å²) >= 11 is 3.59. The van der Waals surface area contributed by atoms with Crippen LogP contribution in [0.1, 0.15) is 53.7 Å². The fourth-order valence-corrected chi connectivity index (χ4v) is 4.50. The molecule has 0 radical (unpaired) electrons. The third-order valence-corrected chi connectivity index (χ3v) is 6.71. The van der Waals surface area contributed by atoms with Gasteiger partial charge in [0.1, 0.15) is 18.5 Å². The number of esters is 1. The Kier molecular flexibility index (Phi) is 7.59. The molecule has 0 spiro atoms. The second-order valence-electron chi connectivity index (χ2n) is 8.57. The van der Waals surface area contributed by atoms with E-state index in [-0.39, 0.29) is 18.0 Å². The lowest BCUT2D eigenvalue weighted by atomic mass is 9.78. The Labute approximate surface area is 188 Å². The van der Waals surface area contributed by atoms with Crippen molar-refractivity contribution in [2.75, 3.05) is 20.6 Å². The number of nitrogens with zero attached hydrogens (tertiary/aromatic N) is 1. The van der Waals surface area contributed by atoms with Gasteiger partial charge in [-0.2, -0.15) is 0 Å². The van der Waals surface area contributed by atoms with Crippen LogP contribution in [0.25, 0.3) is 0 Å². The van der Waals surface area contributed by atoms with Gasteiger partial charge >= 0.3 is 5.97 Å². The van der Waals surface area contributed by atoms with E-state index in [0.29, 0.717) is 19.6 Å². The summed E-state index contributed by atoms with van der Waals surface area (Å²) in [7, 11) is 3.93. The average molecular weight is 474 g/mol. The van der Waals surface area contributed by atoms with Gasteiger partial charge in [-0.05, 0) is 75.5 Å². The highest BCUT2D eigenvalue weighted by molar-refractivity contribution is 9.10. The molecule has 2 atom stereocenters. The van der Waals surface area contributed by atoms with Gasteiger partial charge in [0, 0.05) is 22.1 Å². The number of benzene rings is 2. The summed E-state index contributed by atoms with van der Waals surface area (Å²) < 4.78 is 13.3. The van der Waals surface area contributed by atoms with E-state index in [1.54, 1.807) is 0 Å². The number of fused-ring (bicyclic) bond motifs is 1. The molecular formula is C25H32BrNO3. The average Bonchev–Trinajstić information content (AvgIpc) is 2.70. The maximum atomic E-state index is 12.5. The maximum Gasteiger partial charge on any atom is 0.307 e. The molecule has 0 N–H and O–H groups in total. The van der Waals surface area contributed by atoms with Crippen LogP contribution in [0.2, 0.25) is 0 Å². The monoisotopic (exact) mass is 473 g/mol. The number of aryl methyl sites for hydroxylation is 1. The number of ether oxygens (including phenoxy) is 2. The van der Waals surface area contributed by atoms with Crippen molar-refractivity contribution in [3.05, 3.63) is 62.6 Å². The van der Waals surface area contributed by atoms with E-state index in [4.69, 9.17) is 9.47 Å². The number of hydrogen-bond acceptors (Lipinski definition) is 4. The second-order valence-corrected chi connectivity index (χ2v) is 9.42. The zero-order valence-corrected chi connectivity index (χ0v) is 20.2. The molecule has 5 heteroatoms. The van der Waals surface area contributed by atoms with E-state index in [2.05, 4.69) is 48.8 Å². The first kappa shape index (κ1) is 22.8. The first-order chi connectivity index (χ1) is 14.3. The third-order valence-electron chi connectivity index (χ3n) is 5.94. The predicted octanol–water partition coefficient (Wildman–Crippen LogP) is 5.76. The van der Waals surface area contributed by atoms with Crippen molar-refractivity contribution in [3.8, 4) is 5.75 Å². The molecule has 0 heterocycles. The Balaban J connectivity index is 1.87. The molecule has 1 aliphatic rings. The molecule has 0 saturated heterocycles. The van der Waals surface area contributed by atoms with Crippen LogP contribution in [0.3, 0.4) is 0 Å². The van der Waals surface area contributed by atoms with E-state index >= 15 is 0 Å². The molecule has 2 aromatic rings. The Morgan fingerprint density at radius 3 is 2.67 bits per heavy atom. The van der Waals surface area contributed by atoms with Gasteiger partial charge in [-0.1, -0.05) is 41.1 Å². The highest BCUT2D eigenvalue weighted by atomic mass is 79.9. The van der Waals surface area contributed by atoms with E-state index < -0.39 is 0 Å². The summed E-state index contributed by atoms with van der Waals surface area (Å²) in [6.07, 6.45) is 2.23. The number of halogens is 1. The smallest absolute Gasteiger partial charge is 0.307 e. The van der Waals surface area contributed by atoms with Crippen molar-refractivity contribution in [3.63, 3.8) is 0 Å². The number of carbonyl (C=O) groups excluding carboxylic acids is 1. The predicted molar refractivity (Wildman–Crippen MR) is 124 cm³/mol. The van der Waals surface area contributed by atoms with Crippen LogP contribution in [0.15, 0.2) is 34.8 Å². The Morgan fingerprint density at radius 1 is 1.23 bits per heavy atom. The molecule has 0 unspecified atom stereocenters. The topological polar surface area (TPSA) is 38.8 Å². The van der Waals surface area contributed by atoms with Gasteiger partial charge in [0.15, 0.2) is 0 Å². The molecule has 4 nitrogen and oxygen atoms in total. The maximum absolute atomic E-state index is 12.5. The van der Waals surface area contributed by atoms with Crippen molar-refractivity contribution < 1.29 is 14.3 Å². The van der Waals surface area contributed by atoms with Crippen LogP contribution < -0.4 is 4.74 Å². The first-order valence-electron chi connectivity index (χ1n) is 10.6. The van der Waals surface area contributed by atoms with E-state index in [1.165, 1.54) is 11.1 Å². The second kappa shape index (κ2) is 9.97. The van der Waals surface area contributed by atoms with Gasteiger partial charge in [0.05, 0.1) is 6.42 Å². The van der Waals surface area contributed by atoms with Gasteiger partial charge in [0.2, 0.25) is 0 Å². The Morgan fingerprint density at radius 2 is 1.97 bits per heavy atom. The Bertz CT molecular complexity index is 910. The summed E-state index contributed by atoms with van der Waals surface area (Å²) in [5, 5.41) is 0. The summed E-state index contributed by atoms with van der Waals surface area (Å²) in [5.41, 5.74) is 5.85. The fourth-order valence-electron chi connectivity index (χ4n) is 4.10. The third kappa shape index (κ3) is 5.25. The summed E-state index contributed by atoms with van der Waals surface area (Å²) in [4.78, 5) is 14.5. The van der Waals surface area contributed by atoms with Crippen molar-refractivity contribution in [2.24, 2.45) is 5.92 Å². The molecule has 0 aliphatic heterocycles. The van der Waals surface area contributed by atoms with Crippen LogP contribution in [0.5, 0.6) is 5.75 Å². The van der Waals surface area contributed by atoms with E-state index in [0.717, 1.165) is 39.8 Å². The summed E-state index contributed by atoms with van der Waals surface area (Å²) in [6, 6.07) is 10.2. The molecule has 0 fully saturated rings. The molecular weight excluding hydrogens is 442 g/mol. The molecule has 0 amide bonds. The minimum absolute atomic E-state index is 0.134. The van der Waals surface area contributed by atoms with Gasteiger partial charge in [-0.15, -0.1) is 0 Å². The van der Waals surface area contributed by atoms with Crippen LogP contribution in [0, 0.1) is 19.8 Å². The Hall–Kier alpha value is -1.85. The molecule has 0 saturated carbocycles. The van der Waals surface area contributed by atoms with Gasteiger partial charge in [-0.25, -0.2) is 0 Å². The van der Waals surface area contributed by atoms with Gasteiger partial charge in [0.25, 0.3) is 0 Å². The molecule has 30 heavy (non-hydrogen) atoms. The quantitative estimate of drug-likeness (QED) is 0.478. The largest absolute Gasteiger partial charge is 0.489 e. The van der Waals surface area contributed by atoms with Crippen LogP contribution >= 0.6 is 15.9 Å². The lowest BCUT2D eigenvalue weighted by molar-refractivity contribution is -0.153. The molecule has 1 aliphatic carbocycles.